The summed E-state index contributed by atoms with van der Waals surface area (Å²) in [5.74, 6) is 1.91. The van der Waals surface area contributed by atoms with E-state index in [9.17, 15) is 0 Å². The van der Waals surface area contributed by atoms with E-state index in [1.807, 2.05) is 26.0 Å². The molecule has 1 aromatic carbocycles. The van der Waals surface area contributed by atoms with E-state index >= 15 is 0 Å². The van der Waals surface area contributed by atoms with Gasteiger partial charge in [-0.1, -0.05) is 42.2 Å². The van der Waals surface area contributed by atoms with E-state index in [1.165, 1.54) is 0 Å². The van der Waals surface area contributed by atoms with Gasteiger partial charge in [0.05, 0.1) is 16.8 Å². The molecule has 0 unspecified atom stereocenters. The van der Waals surface area contributed by atoms with Crippen LogP contribution in [-0.4, -0.2) is 25.5 Å². The Labute approximate surface area is 181 Å². The summed E-state index contributed by atoms with van der Waals surface area (Å²) in [5, 5.41) is 3.92. The molecule has 0 bridgehead atoms. The highest BCUT2D eigenvalue weighted by Crippen LogP contribution is 2.38. The molecule has 0 atom stereocenters. The highest BCUT2D eigenvalue weighted by atomic mass is 79.9. The van der Waals surface area contributed by atoms with Gasteiger partial charge >= 0.3 is 0 Å². The first kappa shape index (κ1) is 24.1. The van der Waals surface area contributed by atoms with Gasteiger partial charge in [0.25, 0.3) is 0 Å². The van der Waals surface area contributed by atoms with Crippen LogP contribution in [-0.2, 0) is 4.84 Å². The lowest BCUT2D eigenvalue weighted by molar-refractivity contribution is 0.138. The highest BCUT2D eigenvalue weighted by Gasteiger charge is 2.14. The Bertz CT molecular complexity index is 640. The van der Waals surface area contributed by atoms with Crippen molar-refractivity contribution in [2.75, 3.05) is 19.8 Å². The minimum Gasteiger partial charge on any atom is -0.492 e. The Kier molecular flexibility index (Phi) is 11.9. The molecule has 0 aliphatic carbocycles. The van der Waals surface area contributed by atoms with Crippen molar-refractivity contribution in [2.24, 2.45) is 5.16 Å². The standard InChI is InChI=1S/C20H28BrCl2NO3/c1-14(2)17-12-16(25-11-8-19(22)23)13-18(21)20(17)26-9-6-5-7-10-27-24-15(3)4/h8,12-14H,5-7,9-11H2,1-4H3. The van der Waals surface area contributed by atoms with Crippen LogP contribution < -0.4 is 9.47 Å². The maximum absolute atomic E-state index is 6.05. The van der Waals surface area contributed by atoms with Crippen molar-refractivity contribution in [3.8, 4) is 11.5 Å². The second kappa shape index (κ2) is 13.3. The van der Waals surface area contributed by atoms with Gasteiger partial charge in [0.1, 0.15) is 29.2 Å². The lowest BCUT2D eigenvalue weighted by atomic mass is 10.0. The Balaban J connectivity index is 2.56. The lowest BCUT2D eigenvalue weighted by Crippen LogP contribution is -2.04. The maximum atomic E-state index is 6.05. The number of benzene rings is 1. The number of unbranched alkanes of at least 4 members (excludes halogenated alkanes) is 2. The van der Waals surface area contributed by atoms with Crippen LogP contribution in [0, 0.1) is 0 Å². The smallest absolute Gasteiger partial charge is 0.137 e. The molecule has 7 heteroatoms. The molecule has 0 saturated carbocycles. The van der Waals surface area contributed by atoms with Gasteiger partial charge in [-0.05, 0) is 73.2 Å². The monoisotopic (exact) mass is 479 g/mol. The van der Waals surface area contributed by atoms with E-state index in [0.717, 1.165) is 46.5 Å². The fourth-order valence-electron chi connectivity index (χ4n) is 2.25. The van der Waals surface area contributed by atoms with Gasteiger partial charge in [-0.15, -0.1) is 0 Å². The summed E-state index contributed by atoms with van der Waals surface area (Å²) < 4.78 is 12.8. The first-order valence-electron chi connectivity index (χ1n) is 9.04. The van der Waals surface area contributed by atoms with Gasteiger partial charge in [-0.2, -0.15) is 0 Å². The molecule has 4 nitrogen and oxygen atoms in total. The SMILES string of the molecule is CC(C)=NOCCCCCOc1c(Br)cc(OCC=C(Cl)Cl)cc1C(C)C. The number of hydrogen-bond donors (Lipinski definition) is 0. The van der Waals surface area contributed by atoms with Crippen LogP contribution in [0.5, 0.6) is 11.5 Å². The predicted octanol–water partition coefficient (Wildman–Crippen LogP) is 7.23. The van der Waals surface area contributed by atoms with Gasteiger partial charge in [-0.3, -0.25) is 0 Å². The summed E-state index contributed by atoms with van der Waals surface area (Å²) in [6, 6.07) is 3.90. The second-order valence-electron chi connectivity index (χ2n) is 6.56. The summed E-state index contributed by atoms with van der Waals surface area (Å²) in [4.78, 5) is 5.19. The van der Waals surface area contributed by atoms with Gasteiger partial charge in [0.15, 0.2) is 0 Å². The molecule has 1 rings (SSSR count). The van der Waals surface area contributed by atoms with Crippen LogP contribution in [0.25, 0.3) is 0 Å². The largest absolute Gasteiger partial charge is 0.492 e. The molecular formula is C20H28BrCl2NO3. The minimum atomic E-state index is 0.195. The molecular weight excluding hydrogens is 453 g/mol. The van der Waals surface area contributed by atoms with Crippen molar-refractivity contribution in [3.63, 3.8) is 0 Å². The molecule has 27 heavy (non-hydrogen) atoms. The summed E-state index contributed by atoms with van der Waals surface area (Å²) in [5.41, 5.74) is 2.02. The molecule has 0 aliphatic heterocycles. The zero-order valence-electron chi connectivity index (χ0n) is 16.4. The molecule has 0 aliphatic rings. The molecule has 152 valence electrons. The van der Waals surface area contributed by atoms with Crippen molar-refractivity contribution in [1.82, 2.24) is 0 Å². The average Bonchev–Trinajstić information content (AvgIpc) is 2.57. The van der Waals surface area contributed by atoms with E-state index in [-0.39, 0.29) is 4.49 Å². The van der Waals surface area contributed by atoms with Crippen molar-refractivity contribution >= 4 is 44.8 Å². The van der Waals surface area contributed by atoms with E-state index in [2.05, 4.69) is 34.9 Å². The zero-order valence-corrected chi connectivity index (χ0v) is 19.5. The topological polar surface area (TPSA) is 40.0 Å². The first-order valence-corrected chi connectivity index (χ1v) is 10.6. The zero-order chi connectivity index (χ0) is 20.2. The Hall–Kier alpha value is -0.910. The van der Waals surface area contributed by atoms with Crippen LogP contribution in [0.4, 0.5) is 0 Å². The molecule has 0 fully saturated rings. The Morgan fingerprint density at radius 2 is 1.81 bits per heavy atom. The number of halogens is 3. The fraction of sp³-hybridized carbons (Fsp3) is 0.550. The number of hydrogen-bond acceptors (Lipinski definition) is 4. The Morgan fingerprint density at radius 3 is 2.44 bits per heavy atom. The van der Waals surface area contributed by atoms with Gasteiger partial charge < -0.3 is 14.3 Å². The van der Waals surface area contributed by atoms with E-state index in [0.29, 0.717) is 25.7 Å². The van der Waals surface area contributed by atoms with Gasteiger partial charge in [0.2, 0.25) is 0 Å². The van der Waals surface area contributed by atoms with E-state index in [1.54, 1.807) is 6.08 Å². The molecule has 0 amide bonds. The molecule has 0 heterocycles. The normalized spacial score (nSPS) is 10.5. The highest BCUT2D eigenvalue weighted by molar-refractivity contribution is 9.10. The minimum absolute atomic E-state index is 0.195. The van der Waals surface area contributed by atoms with E-state index < -0.39 is 0 Å². The van der Waals surface area contributed by atoms with Gasteiger partial charge in [-0.25, -0.2) is 0 Å². The number of oxime groups is 1. The third-order valence-electron chi connectivity index (χ3n) is 3.53. The average molecular weight is 481 g/mol. The maximum Gasteiger partial charge on any atom is 0.137 e. The van der Waals surface area contributed by atoms with Crippen molar-refractivity contribution in [3.05, 3.63) is 32.7 Å². The van der Waals surface area contributed by atoms with Crippen LogP contribution in [0.2, 0.25) is 0 Å². The predicted molar refractivity (Wildman–Crippen MR) is 118 cm³/mol. The Morgan fingerprint density at radius 1 is 1.11 bits per heavy atom. The molecule has 0 radical (unpaired) electrons. The fourth-order valence-corrected chi connectivity index (χ4v) is 2.94. The summed E-state index contributed by atoms with van der Waals surface area (Å²) in [7, 11) is 0. The van der Waals surface area contributed by atoms with E-state index in [4.69, 9.17) is 37.5 Å². The summed E-state index contributed by atoms with van der Waals surface area (Å²) >= 11 is 14.8. The first-order chi connectivity index (χ1) is 12.8. The third-order valence-corrected chi connectivity index (χ3v) is 4.43. The summed E-state index contributed by atoms with van der Waals surface area (Å²) in [6.07, 6.45) is 4.55. The molecule has 0 aromatic heterocycles. The number of rotatable bonds is 12. The quantitative estimate of drug-likeness (QED) is 0.180. The number of ether oxygens (including phenoxy) is 2. The van der Waals surface area contributed by atoms with Crippen LogP contribution >= 0.6 is 39.1 Å². The number of nitrogens with zero attached hydrogens (tertiary/aromatic N) is 1. The van der Waals surface area contributed by atoms with Crippen LogP contribution in [0.3, 0.4) is 0 Å². The molecule has 1 aromatic rings. The second-order valence-corrected chi connectivity index (χ2v) is 8.43. The lowest BCUT2D eigenvalue weighted by Gasteiger charge is -2.18. The van der Waals surface area contributed by atoms with Crippen LogP contribution in [0.15, 0.2) is 32.3 Å². The molecule has 0 spiro atoms. The van der Waals surface area contributed by atoms with Crippen molar-refractivity contribution in [1.29, 1.82) is 0 Å². The van der Waals surface area contributed by atoms with Crippen molar-refractivity contribution < 1.29 is 14.3 Å². The molecule has 0 N–H and O–H groups in total. The third kappa shape index (κ3) is 10.3. The van der Waals surface area contributed by atoms with Gasteiger partial charge in [0, 0.05) is 5.56 Å². The van der Waals surface area contributed by atoms with Crippen molar-refractivity contribution in [2.45, 2.75) is 52.9 Å². The molecule has 0 saturated heterocycles. The summed E-state index contributed by atoms with van der Waals surface area (Å²) in [6.45, 7) is 9.69. The van der Waals surface area contributed by atoms with Crippen LogP contribution in [0.1, 0.15) is 58.4 Å².